The normalized spacial score (nSPS) is 13.9. The van der Waals surface area contributed by atoms with Crippen LogP contribution >= 0.6 is 11.6 Å². The molecule has 0 spiro atoms. The maximum atomic E-state index is 6.14. The van der Waals surface area contributed by atoms with E-state index >= 15 is 0 Å². The lowest BCUT2D eigenvalue weighted by Crippen LogP contribution is -2.34. The molecule has 0 aliphatic carbocycles. The van der Waals surface area contributed by atoms with Crippen LogP contribution < -0.4 is 5.32 Å². The standard InChI is InChI=1S/C15H17ClN2/c1-12-7-6-10-14(17-12)18-15(2,11-16)13-8-4-3-5-9-13/h3-10H,11H2,1-2H3,(H,17,18). The van der Waals surface area contributed by atoms with Crippen LogP contribution in [0.3, 0.4) is 0 Å². The number of nitrogens with zero attached hydrogens (tertiary/aromatic N) is 1. The molecule has 0 radical (unpaired) electrons. The zero-order valence-electron chi connectivity index (χ0n) is 10.7. The number of aromatic nitrogens is 1. The van der Waals surface area contributed by atoms with Crippen molar-refractivity contribution in [1.29, 1.82) is 0 Å². The summed E-state index contributed by atoms with van der Waals surface area (Å²) in [4.78, 5) is 4.46. The fourth-order valence-electron chi connectivity index (χ4n) is 1.88. The van der Waals surface area contributed by atoms with Crippen molar-refractivity contribution in [3.05, 3.63) is 59.8 Å². The number of benzene rings is 1. The molecule has 2 rings (SSSR count). The highest BCUT2D eigenvalue weighted by Gasteiger charge is 2.25. The third kappa shape index (κ3) is 2.82. The number of hydrogen-bond donors (Lipinski definition) is 1. The lowest BCUT2D eigenvalue weighted by Gasteiger charge is -2.30. The highest BCUT2D eigenvalue weighted by Crippen LogP contribution is 2.26. The van der Waals surface area contributed by atoms with Crippen molar-refractivity contribution >= 4 is 17.4 Å². The molecule has 0 saturated heterocycles. The second-order valence-electron chi connectivity index (χ2n) is 4.62. The summed E-state index contributed by atoms with van der Waals surface area (Å²) in [6.45, 7) is 4.06. The van der Waals surface area contributed by atoms with Crippen molar-refractivity contribution < 1.29 is 0 Å². The summed E-state index contributed by atoms with van der Waals surface area (Å²) < 4.78 is 0. The molecule has 0 fully saturated rings. The number of hydrogen-bond acceptors (Lipinski definition) is 2. The first-order chi connectivity index (χ1) is 8.64. The molecule has 1 atom stereocenters. The lowest BCUT2D eigenvalue weighted by molar-refractivity contribution is 0.613. The fraction of sp³-hybridized carbons (Fsp3) is 0.267. The highest BCUT2D eigenvalue weighted by atomic mass is 35.5. The molecular weight excluding hydrogens is 244 g/mol. The number of nitrogens with one attached hydrogen (secondary N) is 1. The number of aryl methyl sites for hydroxylation is 1. The molecule has 1 aromatic heterocycles. The van der Waals surface area contributed by atoms with Gasteiger partial charge in [-0.3, -0.25) is 0 Å². The summed E-state index contributed by atoms with van der Waals surface area (Å²) in [5.74, 6) is 1.33. The van der Waals surface area contributed by atoms with Gasteiger partial charge >= 0.3 is 0 Å². The van der Waals surface area contributed by atoms with E-state index < -0.39 is 0 Å². The molecule has 94 valence electrons. The maximum absolute atomic E-state index is 6.14. The Hall–Kier alpha value is -1.54. The fourth-order valence-corrected chi connectivity index (χ4v) is 2.11. The molecule has 3 heteroatoms. The Bertz CT molecular complexity index is 513. The summed E-state index contributed by atoms with van der Waals surface area (Å²) in [7, 11) is 0. The van der Waals surface area contributed by atoms with Crippen LogP contribution in [0, 0.1) is 6.92 Å². The van der Waals surface area contributed by atoms with E-state index in [9.17, 15) is 0 Å². The molecule has 0 amide bonds. The molecule has 0 aliphatic heterocycles. The van der Waals surface area contributed by atoms with Crippen LogP contribution in [0.2, 0.25) is 0 Å². The van der Waals surface area contributed by atoms with Crippen LogP contribution in [0.1, 0.15) is 18.2 Å². The number of rotatable bonds is 4. The molecular formula is C15H17ClN2. The van der Waals surface area contributed by atoms with Gasteiger partial charge in [-0.25, -0.2) is 4.98 Å². The first-order valence-corrected chi connectivity index (χ1v) is 6.51. The van der Waals surface area contributed by atoms with Crippen LogP contribution in [0.5, 0.6) is 0 Å². The van der Waals surface area contributed by atoms with E-state index in [0.29, 0.717) is 5.88 Å². The van der Waals surface area contributed by atoms with E-state index in [-0.39, 0.29) is 5.54 Å². The molecule has 1 unspecified atom stereocenters. The van der Waals surface area contributed by atoms with E-state index in [0.717, 1.165) is 17.1 Å². The lowest BCUT2D eigenvalue weighted by atomic mass is 9.94. The third-order valence-electron chi connectivity index (χ3n) is 2.97. The van der Waals surface area contributed by atoms with Gasteiger partial charge in [0, 0.05) is 11.6 Å². The number of alkyl halides is 1. The smallest absolute Gasteiger partial charge is 0.126 e. The predicted molar refractivity (Wildman–Crippen MR) is 77.1 cm³/mol. The molecule has 2 aromatic rings. The Labute approximate surface area is 113 Å². The Morgan fingerprint density at radius 3 is 2.44 bits per heavy atom. The summed E-state index contributed by atoms with van der Waals surface area (Å²) in [6, 6.07) is 16.1. The van der Waals surface area contributed by atoms with Gasteiger partial charge in [-0.05, 0) is 31.5 Å². The van der Waals surface area contributed by atoms with Crippen molar-refractivity contribution in [2.75, 3.05) is 11.2 Å². The predicted octanol–water partition coefficient (Wildman–Crippen LogP) is 3.96. The van der Waals surface area contributed by atoms with Gasteiger partial charge in [-0.2, -0.15) is 0 Å². The van der Waals surface area contributed by atoms with Gasteiger partial charge in [0.05, 0.1) is 5.54 Å². The van der Waals surface area contributed by atoms with Crippen molar-refractivity contribution in [3.63, 3.8) is 0 Å². The Morgan fingerprint density at radius 2 is 1.83 bits per heavy atom. The molecule has 0 bridgehead atoms. The minimum absolute atomic E-state index is 0.316. The van der Waals surface area contributed by atoms with Gasteiger partial charge in [0.25, 0.3) is 0 Å². The first-order valence-electron chi connectivity index (χ1n) is 5.97. The number of pyridine rings is 1. The summed E-state index contributed by atoms with van der Waals surface area (Å²) >= 11 is 6.14. The van der Waals surface area contributed by atoms with Crippen LogP contribution in [0.4, 0.5) is 5.82 Å². The van der Waals surface area contributed by atoms with E-state index in [1.54, 1.807) is 0 Å². The van der Waals surface area contributed by atoms with Crippen LogP contribution in [-0.2, 0) is 5.54 Å². The highest BCUT2D eigenvalue weighted by molar-refractivity contribution is 6.18. The second kappa shape index (κ2) is 5.40. The largest absolute Gasteiger partial charge is 0.360 e. The number of halogens is 1. The van der Waals surface area contributed by atoms with Crippen molar-refractivity contribution in [2.45, 2.75) is 19.4 Å². The van der Waals surface area contributed by atoms with E-state index in [1.165, 1.54) is 0 Å². The van der Waals surface area contributed by atoms with Crippen LogP contribution in [0.15, 0.2) is 48.5 Å². The minimum Gasteiger partial charge on any atom is -0.360 e. The number of anilines is 1. The average molecular weight is 261 g/mol. The van der Waals surface area contributed by atoms with E-state index in [1.807, 2.05) is 43.3 Å². The van der Waals surface area contributed by atoms with Gasteiger partial charge < -0.3 is 5.32 Å². The summed E-state index contributed by atoms with van der Waals surface area (Å²) in [5, 5.41) is 3.42. The summed E-state index contributed by atoms with van der Waals surface area (Å²) in [6.07, 6.45) is 0. The second-order valence-corrected chi connectivity index (χ2v) is 4.89. The van der Waals surface area contributed by atoms with Gasteiger partial charge in [-0.15, -0.1) is 11.6 Å². The molecule has 0 saturated carbocycles. The zero-order chi connectivity index (χ0) is 13.0. The van der Waals surface area contributed by atoms with Gasteiger partial charge in [0.15, 0.2) is 0 Å². The monoisotopic (exact) mass is 260 g/mol. The van der Waals surface area contributed by atoms with Crippen LogP contribution in [-0.4, -0.2) is 10.9 Å². The quantitative estimate of drug-likeness (QED) is 0.842. The Balaban J connectivity index is 2.29. The van der Waals surface area contributed by atoms with Gasteiger partial charge in [-0.1, -0.05) is 36.4 Å². The minimum atomic E-state index is -0.316. The first kappa shape index (κ1) is 12.9. The molecule has 1 aromatic carbocycles. The molecule has 1 heterocycles. The Morgan fingerprint density at radius 1 is 1.11 bits per heavy atom. The van der Waals surface area contributed by atoms with Crippen molar-refractivity contribution in [2.24, 2.45) is 0 Å². The zero-order valence-corrected chi connectivity index (χ0v) is 11.4. The molecule has 0 aliphatic rings. The average Bonchev–Trinajstić information content (AvgIpc) is 2.39. The summed E-state index contributed by atoms with van der Waals surface area (Å²) in [5.41, 5.74) is 1.83. The molecule has 1 N–H and O–H groups in total. The Kier molecular flexibility index (Phi) is 3.87. The molecule has 18 heavy (non-hydrogen) atoms. The van der Waals surface area contributed by atoms with Gasteiger partial charge in [0.2, 0.25) is 0 Å². The SMILES string of the molecule is Cc1cccc(NC(C)(CCl)c2ccccc2)n1. The van der Waals surface area contributed by atoms with E-state index in [2.05, 4.69) is 29.4 Å². The topological polar surface area (TPSA) is 24.9 Å². The molecule has 2 nitrogen and oxygen atoms in total. The third-order valence-corrected chi connectivity index (χ3v) is 3.50. The van der Waals surface area contributed by atoms with Crippen molar-refractivity contribution in [1.82, 2.24) is 4.98 Å². The maximum Gasteiger partial charge on any atom is 0.126 e. The van der Waals surface area contributed by atoms with Crippen LogP contribution in [0.25, 0.3) is 0 Å². The van der Waals surface area contributed by atoms with Gasteiger partial charge in [0.1, 0.15) is 5.82 Å². The van der Waals surface area contributed by atoms with E-state index in [4.69, 9.17) is 11.6 Å². The van der Waals surface area contributed by atoms with Crippen molar-refractivity contribution in [3.8, 4) is 0 Å².